The van der Waals surface area contributed by atoms with Crippen molar-refractivity contribution in [3.05, 3.63) is 0 Å². The minimum Gasteiger partial charge on any atom is -0.354 e. The zero-order chi connectivity index (χ0) is 14.3. The van der Waals surface area contributed by atoms with Crippen molar-refractivity contribution in [1.29, 1.82) is 0 Å². The van der Waals surface area contributed by atoms with E-state index >= 15 is 0 Å². The van der Waals surface area contributed by atoms with Gasteiger partial charge in [-0.1, -0.05) is 27.2 Å². The van der Waals surface area contributed by atoms with Crippen LogP contribution in [0.4, 0.5) is 0 Å². The van der Waals surface area contributed by atoms with Gasteiger partial charge in [0.15, 0.2) is 0 Å². The molecule has 2 N–H and O–H groups in total. The summed E-state index contributed by atoms with van der Waals surface area (Å²) in [5.41, 5.74) is 0. The molecule has 1 rings (SSSR count). The van der Waals surface area contributed by atoms with Gasteiger partial charge in [0.1, 0.15) is 0 Å². The van der Waals surface area contributed by atoms with Crippen LogP contribution >= 0.6 is 0 Å². The Morgan fingerprint density at radius 3 is 2.47 bits per heavy atom. The van der Waals surface area contributed by atoms with Crippen LogP contribution in [0.1, 0.15) is 59.8 Å². The summed E-state index contributed by atoms with van der Waals surface area (Å²) in [5.74, 6) is 2.16. The lowest BCUT2D eigenvalue weighted by Crippen LogP contribution is -2.37. The molecular weight excluding hydrogens is 236 g/mol. The SMILES string of the molecule is CCC(C)CC(C)NC(=O)CC(C)C1CCNCC1. The predicted molar refractivity (Wildman–Crippen MR) is 81.1 cm³/mol. The Kier molecular flexibility index (Phi) is 7.44. The fourth-order valence-electron chi connectivity index (χ4n) is 3.04. The van der Waals surface area contributed by atoms with Gasteiger partial charge in [-0.3, -0.25) is 4.79 Å². The second-order valence-corrected chi connectivity index (χ2v) is 6.49. The van der Waals surface area contributed by atoms with Crippen LogP contribution in [0.25, 0.3) is 0 Å². The van der Waals surface area contributed by atoms with E-state index in [0.717, 1.165) is 25.4 Å². The molecular formula is C16H32N2O. The first-order chi connectivity index (χ1) is 9.02. The molecule has 1 fully saturated rings. The van der Waals surface area contributed by atoms with E-state index in [4.69, 9.17) is 0 Å². The third-order valence-electron chi connectivity index (χ3n) is 4.56. The fourth-order valence-corrected chi connectivity index (χ4v) is 3.04. The quantitative estimate of drug-likeness (QED) is 0.745. The first-order valence-corrected chi connectivity index (χ1v) is 8.03. The minimum atomic E-state index is 0.238. The van der Waals surface area contributed by atoms with Gasteiger partial charge >= 0.3 is 0 Å². The summed E-state index contributed by atoms with van der Waals surface area (Å²) in [6.07, 6.45) is 5.40. The summed E-state index contributed by atoms with van der Waals surface area (Å²) in [6.45, 7) is 11.0. The van der Waals surface area contributed by atoms with Gasteiger partial charge in [0.05, 0.1) is 0 Å². The topological polar surface area (TPSA) is 41.1 Å². The average molecular weight is 268 g/mol. The molecule has 3 heteroatoms. The standard InChI is InChI=1S/C16H32N2O/c1-5-12(2)10-14(4)18-16(19)11-13(3)15-6-8-17-9-7-15/h12-15,17H,5-11H2,1-4H3,(H,18,19). The predicted octanol–water partition coefficient (Wildman–Crippen LogP) is 2.95. The first-order valence-electron chi connectivity index (χ1n) is 8.03. The molecule has 112 valence electrons. The summed E-state index contributed by atoms with van der Waals surface area (Å²) in [7, 11) is 0. The number of rotatable bonds is 7. The average Bonchev–Trinajstić information content (AvgIpc) is 2.39. The maximum atomic E-state index is 12.0. The first kappa shape index (κ1) is 16.5. The molecule has 19 heavy (non-hydrogen) atoms. The summed E-state index contributed by atoms with van der Waals surface area (Å²) < 4.78 is 0. The molecule has 0 radical (unpaired) electrons. The van der Waals surface area contributed by atoms with Gasteiger partial charge in [0.25, 0.3) is 0 Å². The molecule has 0 spiro atoms. The van der Waals surface area contributed by atoms with E-state index in [-0.39, 0.29) is 5.91 Å². The van der Waals surface area contributed by atoms with Gasteiger partial charge in [0.2, 0.25) is 5.91 Å². The fraction of sp³-hybridized carbons (Fsp3) is 0.938. The number of hydrogen-bond donors (Lipinski definition) is 2. The van der Waals surface area contributed by atoms with E-state index in [1.165, 1.54) is 19.3 Å². The number of hydrogen-bond acceptors (Lipinski definition) is 2. The van der Waals surface area contributed by atoms with Crippen LogP contribution in [0.15, 0.2) is 0 Å². The van der Waals surface area contributed by atoms with E-state index < -0.39 is 0 Å². The molecule has 1 aliphatic heterocycles. The lowest BCUT2D eigenvalue weighted by molar-refractivity contribution is -0.123. The summed E-state index contributed by atoms with van der Waals surface area (Å²) in [6, 6.07) is 0.308. The number of piperidine rings is 1. The van der Waals surface area contributed by atoms with Gasteiger partial charge in [-0.05, 0) is 57.0 Å². The number of nitrogens with one attached hydrogen (secondary N) is 2. The van der Waals surface area contributed by atoms with Gasteiger partial charge in [0, 0.05) is 12.5 Å². The molecule has 0 aliphatic carbocycles. The molecule has 0 aromatic rings. The van der Waals surface area contributed by atoms with E-state index in [1.54, 1.807) is 0 Å². The third-order valence-corrected chi connectivity index (χ3v) is 4.56. The van der Waals surface area contributed by atoms with Crippen molar-refractivity contribution in [2.75, 3.05) is 13.1 Å². The van der Waals surface area contributed by atoms with Crippen molar-refractivity contribution in [2.24, 2.45) is 17.8 Å². The highest BCUT2D eigenvalue weighted by atomic mass is 16.1. The summed E-state index contributed by atoms with van der Waals surface area (Å²) in [4.78, 5) is 12.0. The van der Waals surface area contributed by atoms with Gasteiger partial charge < -0.3 is 10.6 Å². The third kappa shape index (κ3) is 6.42. The monoisotopic (exact) mass is 268 g/mol. The maximum absolute atomic E-state index is 12.0. The zero-order valence-electron chi connectivity index (χ0n) is 13.2. The molecule has 0 saturated carbocycles. The summed E-state index contributed by atoms with van der Waals surface area (Å²) >= 11 is 0. The molecule has 0 aromatic carbocycles. The van der Waals surface area contributed by atoms with Crippen molar-refractivity contribution in [1.82, 2.24) is 10.6 Å². The Hall–Kier alpha value is -0.570. The van der Waals surface area contributed by atoms with Gasteiger partial charge in [-0.15, -0.1) is 0 Å². The van der Waals surface area contributed by atoms with Crippen molar-refractivity contribution in [3.63, 3.8) is 0 Å². The van der Waals surface area contributed by atoms with E-state index in [2.05, 4.69) is 38.3 Å². The molecule has 1 aliphatic rings. The largest absolute Gasteiger partial charge is 0.354 e. The van der Waals surface area contributed by atoms with Crippen LogP contribution in [0, 0.1) is 17.8 Å². The van der Waals surface area contributed by atoms with E-state index in [0.29, 0.717) is 24.3 Å². The maximum Gasteiger partial charge on any atom is 0.220 e. The molecule has 0 bridgehead atoms. The zero-order valence-corrected chi connectivity index (χ0v) is 13.2. The highest BCUT2D eigenvalue weighted by Crippen LogP contribution is 2.24. The molecule has 1 heterocycles. The van der Waals surface area contributed by atoms with Crippen LogP contribution in [0.5, 0.6) is 0 Å². The Morgan fingerprint density at radius 2 is 1.89 bits per heavy atom. The van der Waals surface area contributed by atoms with Crippen molar-refractivity contribution >= 4 is 5.91 Å². The summed E-state index contributed by atoms with van der Waals surface area (Å²) in [5, 5.41) is 6.54. The number of amides is 1. The molecule has 0 aromatic heterocycles. The van der Waals surface area contributed by atoms with Gasteiger partial charge in [-0.25, -0.2) is 0 Å². The molecule has 1 saturated heterocycles. The van der Waals surface area contributed by atoms with E-state index in [9.17, 15) is 4.79 Å². The normalized spacial score (nSPS) is 21.7. The van der Waals surface area contributed by atoms with E-state index in [1.807, 2.05) is 0 Å². The van der Waals surface area contributed by atoms with Crippen molar-refractivity contribution in [3.8, 4) is 0 Å². The Bertz CT molecular complexity index is 261. The Labute approximate surface area is 118 Å². The molecule has 3 unspecified atom stereocenters. The van der Waals surface area contributed by atoms with Crippen LogP contribution in [-0.4, -0.2) is 25.0 Å². The highest BCUT2D eigenvalue weighted by molar-refractivity contribution is 5.76. The smallest absolute Gasteiger partial charge is 0.220 e. The number of carbonyl (C=O) groups is 1. The van der Waals surface area contributed by atoms with Crippen LogP contribution in [-0.2, 0) is 4.79 Å². The second-order valence-electron chi connectivity index (χ2n) is 6.49. The number of carbonyl (C=O) groups excluding carboxylic acids is 1. The lowest BCUT2D eigenvalue weighted by Gasteiger charge is -2.28. The van der Waals surface area contributed by atoms with Crippen molar-refractivity contribution in [2.45, 2.75) is 65.8 Å². The molecule has 3 atom stereocenters. The van der Waals surface area contributed by atoms with Crippen LogP contribution in [0.2, 0.25) is 0 Å². The minimum absolute atomic E-state index is 0.238. The van der Waals surface area contributed by atoms with Crippen molar-refractivity contribution < 1.29 is 4.79 Å². The van der Waals surface area contributed by atoms with Crippen LogP contribution < -0.4 is 10.6 Å². The lowest BCUT2D eigenvalue weighted by atomic mass is 9.84. The Balaban J connectivity index is 2.25. The highest BCUT2D eigenvalue weighted by Gasteiger charge is 2.22. The van der Waals surface area contributed by atoms with Gasteiger partial charge in [-0.2, -0.15) is 0 Å². The molecule has 1 amide bonds. The van der Waals surface area contributed by atoms with Crippen LogP contribution in [0.3, 0.4) is 0 Å². The molecule has 3 nitrogen and oxygen atoms in total. The second kappa shape index (κ2) is 8.57. The Morgan fingerprint density at radius 1 is 1.26 bits per heavy atom.